The van der Waals surface area contributed by atoms with Crippen LogP contribution in [-0.2, 0) is 24.8 Å². The van der Waals surface area contributed by atoms with Gasteiger partial charge in [-0.3, -0.25) is 4.79 Å². The second-order valence-corrected chi connectivity index (χ2v) is 7.37. The smallest absolute Gasteiger partial charge is 0.304 e. The number of benzene rings is 1. The molecule has 0 saturated heterocycles. The molecule has 20 heavy (non-hydrogen) atoms. The van der Waals surface area contributed by atoms with Crippen molar-refractivity contribution in [2.24, 2.45) is 0 Å². The number of hydrogen-bond acceptors (Lipinski definition) is 5. The minimum atomic E-state index is -3.85. The predicted molar refractivity (Wildman–Crippen MR) is 70.1 cm³/mol. The summed E-state index contributed by atoms with van der Waals surface area (Å²) in [5.74, 6) is -1.12. The van der Waals surface area contributed by atoms with Gasteiger partial charge in [0.1, 0.15) is 0 Å². The van der Waals surface area contributed by atoms with Crippen LogP contribution in [0.1, 0.15) is 6.42 Å². The van der Waals surface area contributed by atoms with Crippen molar-refractivity contribution in [3.63, 3.8) is 0 Å². The van der Waals surface area contributed by atoms with Crippen LogP contribution in [0.3, 0.4) is 0 Å². The van der Waals surface area contributed by atoms with Gasteiger partial charge in [0.05, 0.1) is 16.2 Å². The van der Waals surface area contributed by atoms with Crippen LogP contribution in [0.15, 0.2) is 34.1 Å². The van der Waals surface area contributed by atoms with Gasteiger partial charge in [0.2, 0.25) is 20.0 Å². The molecule has 3 N–H and O–H groups in total. The molecule has 1 aromatic rings. The summed E-state index contributed by atoms with van der Waals surface area (Å²) >= 11 is 0. The van der Waals surface area contributed by atoms with Crippen LogP contribution in [0, 0.1) is 0 Å². The highest BCUT2D eigenvalue weighted by Crippen LogP contribution is 2.13. The predicted octanol–water partition coefficient (Wildman–Crippen LogP) is -0.652. The fourth-order valence-corrected chi connectivity index (χ4v) is 3.05. The molecule has 10 heteroatoms. The number of nitrogens with one attached hydrogen (secondary N) is 2. The van der Waals surface area contributed by atoms with Gasteiger partial charge in [-0.15, -0.1) is 0 Å². The Morgan fingerprint density at radius 1 is 1.05 bits per heavy atom. The van der Waals surface area contributed by atoms with E-state index in [0.717, 1.165) is 24.3 Å². The van der Waals surface area contributed by atoms with Crippen LogP contribution >= 0.6 is 0 Å². The summed E-state index contributed by atoms with van der Waals surface area (Å²) in [6.07, 6.45) is -0.342. The lowest BCUT2D eigenvalue weighted by atomic mass is 10.4. The van der Waals surface area contributed by atoms with E-state index in [2.05, 4.69) is 9.44 Å². The van der Waals surface area contributed by atoms with Gasteiger partial charge in [-0.25, -0.2) is 26.3 Å². The van der Waals surface area contributed by atoms with E-state index >= 15 is 0 Å². The first-order valence-electron chi connectivity index (χ1n) is 5.44. The Hall–Kier alpha value is -1.49. The maximum Gasteiger partial charge on any atom is 0.304 e. The van der Waals surface area contributed by atoms with Gasteiger partial charge in [0.25, 0.3) is 0 Å². The zero-order valence-corrected chi connectivity index (χ0v) is 12.2. The number of hydrogen-bond donors (Lipinski definition) is 3. The third-order valence-corrected chi connectivity index (χ3v) is 5.25. The van der Waals surface area contributed by atoms with E-state index < -0.39 is 26.0 Å². The van der Waals surface area contributed by atoms with Crippen molar-refractivity contribution in [2.45, 2.75) is 16.2 Å². The standard InChI is InChI=1S/C10H14N2O6S2/c1-11-19(15,16)8-2-4-9(5-3-8)20(17,18)12-7-6-10(13)14/h2-5,11-12H,6-7H2,1H3,(H,13,14). The summed E-state index contributed by atoms with van der Waals surface area (Å²) in [7, 11) is -6.24. The highest BCUT2D eigenvalue weighted by atomic mass is 32.2. The van der Waals surface area contributed by atoms with Gasteiger partial charge in [0.15, 0.2) is 0 Å². The van der Waals surface area contributed by atoms with Crippen molar-refractivity contribution in [3.05, 3.63) is 24.3 Å². The highest BCUT2D eigenvalue weighted by molar-refractivity contribution is 7.90. The molecule has 0 unspecified atom stereocenters. The maximum atomic E-state index is 11.8. The largest absolute Gasteiger partial charge is 0.481 e. The molecule has 0 aromatic heterocycles. The Morgan fingerprint density at radius 2 is 1.50 bits per heavy atom. The lowest BCUT2D eigenvalue weighted by Crippen LogP contribution is -2.26. The fraction of sp³-hybridized carbons (Fsp3) is 0.300. The van der Waals surface area contributed by atoms with E-state index in [4.69, 9.17) is 5.11 Å². The normalized spacial score (nSPS) is 12.2. The maximum absolute atomic E-state index is 11.8. The van der Waals surface area contributed by atoms with Crippen molar-refractivity contribution in [1.82, 2.24) is 9.44 Å². The van der Waals surface area contributed by atoms with E-state index in [0.29, 0.717) is 0 Å². The molecule has 1 rings (SSSR count). The molecule has 0 aliphatic rings. The van der Waals surface area contributed by atoms with Crippen molar-refractivity contribution < 1.29 is 26.7 Å². The lowest BCUT2D eigenvalue weighted by molar-refractivity contribution is -0.136. The average molecular weight is 322 g/mol. The number of aliphatic carboxylic acids is 1. The SMILES string of the molecule is CNS(=O)(=O)c1ccc(S(=O)(=O)NCCC(=O)O)cc1. The van der Waals surface area contributed by atoms with E-state index in [9.17, 15) is 21.6 Å². The monoisotopic (exact) mass is 322 g/mol. The first kappa shape index (κ1) is 16.6. The van der Waals surface area contributed by atoms with Crippen LogP contribution < -0.4 is 9.44 Å². The third kappa shape index (κ3) is 4.27. The minimum Gasteiger partial charge on any atom is -0.481 e. The molecule has 0 bridgehead atoms. The van der Waals surface area contributed by atoms with E-state index in [1.54, 1.807) is 0 Å². The van der Waals surface area contributed by atoms with Gasteiger partial charge < -0.3 is 5.11 Å². The molecule has 0 spiro atoms. The number of carboxylic acids is 1. The summed E-state index contributed by atoms with van der Waals surface area (Å²) in [4.78, 5) is 10.1. The molecule has 0 heterocycles. The average Bonchev–Trinajstić information content (AvgIpc) is 2.38. The first-order valence-corrected chi connectivity index (χ1v) is 8.41. The Balaban J connectivity index is 2.90. The van der Waals surface area contributed by atoms with Crippen LogP contribution in [0.4, 0.5) is 0 Å². The molecule has 0 fully saturated rings. The van der Waals surface area contributed by atoms with Gasteiger partial charge in [-0.1, -0.05) is 0 Å². The van der Waals surface area contributed by atoms with Crippen LogP contribution in [-0.4, -0.2) is 41.5 Å². The lowest BCUT2D eigenvalue weighted by Gasteiger charge is -2.07. The Labute approximate surface area is 116 Å². The van der Waals surface area contributed by atoms with Crippen LogP contribution in [0.25, 0.3) is 0 Å². The summed E-state index contributed by atoms with van der Waals surface area (Å²) in [6, 6.07) is 4.57. The Kier molecular flexibility index (Phi) is 5.22. The molecular formula is C10H14N2O6S2. The van der Waals surface area contributed by atoms with E-state index in [-0.39, 0.29) is 22.8 Å². The molecule has 0 aliphatic carbocycles. The summed E-state index contributed by atoms with van der Waals surface area (Å²) in [5.41, 5.74) is 0. The minimum absolute atomic E-state index is 0.0653. The second kappa shape index (κ2) is 6.31. The van der Waals surface area contributed by atoms with Crippen LogP contribution in [0.5, 0.6) is 0 Å². The van der Waals surface area contributed by atoms with Crippen molar-refractivity contribution in [1.29, 1.82) is 0 Å². The Bertz CT molecular complexity index is 679. The summed E-state index contributed by atoms with van der Waals surface area (Å²) < 4.78 is 50.7. The summed E-state index contributed by atoms with van der Waals surface area (Å²) in [5, 5.41) is 8.43. The quantitative estimate of drug-likeness (QED) is 0.611. The fourth-order valence-electron chi connectivity index (χ4n) is 1.29. The summed E-state index contributed by atoms with van der Waals surface area (Å²) in [6.45, 7) is -0.242. The molecule has 0 amide bonds. The van der Waals surface area contributed by atoms with E-state index in [1.807, 2.05) is 0 Å². The van der Waals surface area contributed by atoms with Gasteiger partial charge in [-0.05, 0) is 31.3 Å². The highest BCUT2D eigenvalue weighted by Gasteiger charge is 2.16. The topological polar surface area (TPSA) is 130 Å². The molecule has 1 aromatic carbocycles. The van der Waals surface area contributed by atoms with Crippen molar-refractivity contribution in [2.75, 3.05) is 13.6 Å². The van der Waals surface area contributed by atoms with Gasteiger partial charge >= 0.3 is 5.97 Å². The molecule has 0 radical (unpaired) electrons. The van der Waals surface area contributed by atoms with Crippen molar-refractivity contribution >= 4 is 26.0 Å². The molecular weight excluding hydrogens is 308 g/mol. The van der Waals surface area contributed by atoms with Crippen LogP contribution in [0.2, 0.25) is 0 Å². The van der Waals surface area contributed by atoms with Gasteiger partial charge in [0, 0.05) is 6.54 Å². The van der Waals surface area contributed by atoms with Crippen molar-refractivity contribution in [3.8, 4) is 0 Å². The zero-order chi connectivity index (χ0) is 15.4. The molecule has 0 atom stereocenters. The zero-order valence-electron chi connectivity index (χ0n) is 10.5. The number of carboxylic acid groups (broad SMARTS) is 1. The van der Waals surface area contributed by atoms with E-state index in [1.165, 1.54) is 7.05 Å². The second-order valence-electron chi connectivity index (χ2n) is 3.72. The van der Waals surface area contributed by atoms with Gasteiger partial charge in [-0.2, -0.15) is 0 Å². The molecule has 0 aliphatic heterocycles. The molecule has 8 nitrogen and oxygen atoms in total. The Morgan fingerprint density at radius 3 is 1.90 bits per heavy atom. The molecule has 0 saturated carbocycles. The first-order chi connectivity index (χ1) is 9.19. The number of carbonyl (C=O) groups is 1. The number of rotatable bonds is 7. The molecule has 112 valence electrons. The third-order valence-electron chi connectivity index (χ3n) is 2.34. The number of sulfonamides is 2.